The van der Waals surface area contributed by atoms with Gasteiger partial charge in [0.05, 0.1) is 10.5 Å². The maximum atomic E-state index is 13.0. The van der Waals surface area contributed by atoms with Crippen LogP contribution < -0.4 is 5.32 Å². The van der Waals surface area contributed by atoms with Gasteiger partial charge >= 0.3 is 0 Å². The fourth-order valence-electron chi connectivity index (χ4n) is 1.91. The predicted molar refractivity (Wildman–Crippen MR) is 78.9 cm³/mol. The normalized spacial score (nSPS) is 10.6. The van der Waals surface area contributed by atoms with Crippen molar-refractivity contribution in [3.63, 3.8) is 0 Å². The summed E-state index contributed by atoms with van der Waals surface area (Å²) in [6, 6.07) is 12.8. The smallest absolute Gasteiger partial charge is 0.275 e. The van der Waals surface area contributed by atoms with Gasteiger partial charge in [-0.25, -0.2) is 9.97 Å². The molecule has 0 aliphatic heterocycles. The Labute approximate surface area is 124 Å². The van der Waals surface area contributed by atoms with Crippen molar-refractivity contribution in [2.45, 2.75) is 0 Å². The van der Waals surface area contributed by atoms with Gasteiger partial charge in [-0.3, -0.25) is 4.79 Å². The molecular formula is C15H9ClFN3O. The quantitative estimate of drug-likeness (QED) is 0.735. The van der Waals surface area contributed by atoms with Crippen LogP contribution in [0.1, 0.15) is 10.5 Å². The Kier molecular flexibility index (Phi) is 3.50. The molecule has 0 aliphatic carbocycles. The molecule has 0 aliphatic rings. The number of aromatic nitrogens is 2. The monoisotopic (exact) mass is 301 g/mol. The van der Waals surface area contributed by atoms with Gasteiger partial charge in [0.2, 0.25) is 5.95 Å². The molecule has 0 atom stereocenters. The van der Waals surface area contributed by atoms with Crippen molar-refractivity contribution in [2.24, 2.45) is 0 Å². The number of carbonyl (C=O) groups excluding carboxylic acids is 1. The van der Waals surface area contributed by atoms with Crippen LogP contribution in [0.4, 0.5) is 10.2 Å². The first kappa shape index (κ1) is 13.5. The van der Waals surface area contributed by atoms with Crippen molar-refractivity contribution in [3.8, 4) is 0 Å². The van der Waals surface area contributed by atoms with E-state index in [0.717, 1.165) is 5.39 Å². The first-order valence-electron chi connectivity index (χ1n) is 6.13. The van der Waals surface area contributed by atoms with Crippen molar-refractivity contribution in [1.29, 1.82) is 0 Å². The number of hydrogen-bond acceptors (Lipinski definition) is 3. The van der Waals surface area contributed by atoms with E-state index in [9.17, 15) is 9.18 Å². The standard InChI is InChI=1S/C15H9ClFN3O/c16-10-8-12(18-11-5-2-1-4-9(10)11)15(21)20-14-7-3-6-13(17)19-14/h1-8H,(H,19,20,21). The Bertz CT molecular complexity index is 838. The first-order valence-corrected chi connectivity index (χ1v) is 6.50. The van der Waals surface area contributed by atoms with E-state index in [2.05, 4.69) is 15.3 Å². The summed E-state index contributed by atoms with van der Waals surface area (Å²) in [5.74, 6) is -1.05. The summed E-state index contributed by atoms with van der Waals surface area (Å²) in [6.45, 7) is 0. The zero-order valence-corrected chi connectivity index (χ0v) is 11.4. The Balaban J connectivity index is 1.94. The molecule has 1 N–H and O–H groups in total. The van der Waals surface area contributed by atoms with E-state index in [4.69, 9.17) is 11.6 Å². The molecular weight excluding hydrogens is 293 g/mol. The highest BCUT2D eigenvalue weighted by molar-refractivity contribution is 6.35. The van der Waals surface area contributed by atoms with Crippen molar-refractivity contribution >= 4 is 34.2 Å². The maximum absolute atomic E-state index is 13.0. The lowest BCUT2D eigenvalue weighted by Gasteiger charge is -2.06. The van der Waals surface area contributed by atoms with E-state index in [1.165, 1.54) is 24.3 Å². The third-order valence-corrected chi connectivity index (χ3v) is 3.17. The van der Waals surface area contributed by atoms with Crippen molar-refractivity contribution in [2.75, 3.05) is 5.32 Å². The summed E-state index contributed by atoms with van der Waals surface area (Å²) in [6.07, 6.45) is 0. The van der Waals surface area contributed by atoms with Gasteiger partial charge in [0.1, 0.15) is 11.5 Å². The van der Waals surface area contributed by atoms with Crippen LogP contribution in [-0.2, 0) is 0 Å². The number of carbonyl (C=O) groups is 1. The Morgan fingerprint density at radius 1 is 1.10 bits per heavy atom. The van der Waals surface area contributed by atoms with Crippen LogP contribution in [0.3, 0.4) is 0 Å². The summed E-state index contributed by atoms with van der Waals surface area (Å²) in [5, 5.41) is 3.67. The third-order valence-electron chi connectivity index (χ3n) is 2.86. The molecule has 104 valence electrons. The number of halogens is 2. The highest BCUT2D eigenvalue weighted by Gasteiger charge is 2.12. The number of para-hydroxylation sites is 1. The molecule has 3 rings (SSSR count). The Hall–Kier alpha value is -2.53. The highest BCUT2D eigenvalue weighted by atomic mass is 35.5. The number of anilines is 1. The topological polar surface area (TPSA) is 54.9 Å². The highest BCUT2D eigenvalue weighted by Crippen LogP contribution is 2.23. The molecule has 0 saturated heterocycles. The summed E-state index contributed by atoms with van der Waals surface area (Å²) in [7, 11) is 0. The van der Waals surface area contributed by atoms with E-state index in [1.54, 1.807) is 6.07 Å². The van der Waals surface area contributed by atoms with Crippen LogP contribution in [0.2, 0.25) is 5.02 Å². The molecule has 0 saturated carbocycles. The molecule has 0 spiro atoms. The minimum Gasteiger partial charge on any atom is -0.305 e. The molecule has 2 heterocycles. The van der Waals surface area contributed by atoms with E-state index in [0.29, 0.717) is 10.5 Å². The SMILES string of the molecule is O=C(Nc1cccc(F)n1)c1cc(Cl)c2ccccc2n1. The van der Waals surface area contributed by atoms with E-state index in [-0.39, 0.29) is 11.5 Å². The van der Waals surface area contributed by atoms with Gasteiger partial charge in [0, 0.05) is 5.39 Å². The minimum absolute atomic E-state index is 0.117. The molecule has 4 nitrogen and oxygen atoms in total. The largest absolute Gasteiger partial charge is 0.305 e. The summed E-state index contributed by atoms with van der Waals surface area (Å²) in [4.78, 5) is 19.9. The molecule has 1 aromatic carbocycles. The van der Waals surface area contributed by atoms with E-state index < -0.39 is 11.9 Å². The molecule has 0 radical (unpaired) electrons. The van der Waals surface area contributed by atoms with Crippen LogP contribution in [0, 0.1) is 5.95 Å². The van der Waals surface area contributed by atoms with Gasteiger partial charge in [-0.05, 0) is 24.3 Å². The fraction of sp³-hybridized carbons (Fsp3) is 0. The number of nitrogens with zero attached hydrogens (tertiary/aromatic N) is 2. The lowest BCUT2D eigenvalue weighted by Crippen LogP contribution is -2.15. The van der Waals surface area contributed by atoms with Crippen LogP contribution in [0.15, 0.2) is 48.5 Å². The zero-order valence-electron chi connectivity index (χ0n) is 10.7. The number of benzene rings is 1. The second kappa shape index (κ2) is 5.46. The summed E-state index contributed by atoms with van der Waals surface area (Å²) >= 11 is 6.14. The second-order valence-electron chi connectivity index (χ2n) is 4.31. The molecule has 0 fully saturated rings. The zero-order chi connectivity index (χ0) is 14.8. The molecule has 6 heteroatoms. The van der Waals surface area contributed by atoms with Gasteiger partial charge in [0.15, 0.2) is 0 Å². The van der Waals surface area contributed by atoms with Gasteiger partial charge in [-0.1, -0.05) is 35.9 Å². The van der Waals surface area contributed by atoms with Gasteiger partial charge < -0.3 is 5.32 Å². The average molecular weight is 302 g/mol. The summed E-state index contributed by atoms with van der Waals surface area (Å²) < 4.78 is 13.0. The Morgan fingerprint density at radius 2 is 1.90 bits per heavy atom. The maximum Gasteiger partial charge on any atom is 0.275 e. The molecule has 3 aromatic rings. The average Bonchev–Trinajstić information content (AvgIpc) is 2.47. The van der Waals surface area contributed by atoms with E-state index in [1.807, 2.05) is 18.2 Å². The van der Waals surface area contributed by atoms with Gasteiger partial charge in [-0.2, -0.15) is 4.39 Å². The first-order chi connectivity index (χ1) is 10.1. The molecule has 21 heavy (non-hydrogen) atoms. The third kappa shape index (κ3) is 2.83. The predicted octanol–water partition coefficient (Wildman–Crippen LogP) is 3.67. The minimum atomic E-state index is -0.669. The van der Waals surface area contributed by atoms with Crippen LogP contribution in [-0.4, -0.2) is 15.9 Å². The molecule has 0 unspecified atom stereocenters. The lowest BCUT2D eigenvalue weighted by molar-refractivity contribution is 0.102. The van der Waals surface area contributed by atoms with Crippen LogP contribution in [0.5, 0.6) is 0 Å². The van der Waals surface area contributed by atoms with E-state index >= 15 is 0 Å². The summed E-state index contributed by atoms with van der Waals surface area (Å²) in [5.41, 5.74) is 0.757. The van der Waals surface area contributed by atoms with Gasteiger partial charge in [0.25, 0.3) is 5.91 Å². The van der Waals surface area contributed by atoms with Gasteiger partial charge in [-0.15, -0.1) is 0 Å². The second-order valence-corrected chi connectivity index (χ2v) is 4.71. The van der Waals surface area contributed by atoms with Crippen molar-refractivity contribution in [1.82, 2.24) is 9.97 Å². The number of amides is 1. The van der Waals surface area contributed by atoms with Crippen molar-refractivity contribution < 1.29 is 9.18 Å². The molecule has 0 bridgehead atoms. The number of pyridine rings is 2. The number of hydrogen-bond donors (Lipinski definition) is 1. The number of fused-ring (bicyclic) bond motifs is 1. The lowest BCUT2D eigenvalue weighted by atomic mass is 10.2. The number of nitrogens with one attached hydrogen (secondary N) is 1. The van der Waals surface area contributed by atoms with Crippen molar-refractivity contribution in [3.05, 3.63) is 65.2 Å². The van der Waals surface area contributed by atoms with Crippen LogP contribution in [0.25, 0.3) is 10.9 Å². The van der Waals surface area contributed by atoms with Crippen LogP contribution >= 0.6 is 11.6 Å². The fourth-order valence-corrected chi connectivity index (χ4v) is 2.17. The number of rotatable bonds is 2. The Morgan fingerprint density at radius 3 is 2.71 bits per heavy atom. The molecule has 1 amide bonds. The molecule has 2 aromatic heterocycles.